The van der Waals surface area contributed by atoms with E-state index in [0.29, 0.717) is 25.2 Å². The number of alkyl halides is 3. The monoisotopic (exact) mass is 520 g/mol. The number of hydrogen-bond donors (Lipinski definition) is 1. The van der Waals surface area contributed by atoms with Crippen molar-refractivity contribution in [3.8, 4) is 0 Å². The molecule has 0 aliphatic carbocycles. The predicted octanol–water partition coefficient (Wildman–Crippen LogP) is 6.08. The topological polar surface area (TPSA) is 65.5 Å². The number of thiazole rings is 1. The Morgan fingerprint density at radius 2 is 1.89 bits per heavy atom. The van der Waals surface area contributed by atoms with Crippen LogP contribution in [-0.4, -0.2) is 47.9 Å². The Hall–Kier alpha value is -2.88. The molecule has 2 amide bonds. The van der Waals surface area contributed by atoms with E-state index in [1.807, 2.05) is 28.9 Å². The quantitative estimate of drug-likeness (QED) is 0.450. The number of amides is 2. The zero-order chi connectivity index (χ0) is 25.7. The summed E-state index contributed by atoms with van der Waals surface area (Å²) in [5, 5.41) is 5.16. The van der Waals surface area contributed by atoms with Crippen LogP contribution in [0.15, 0.2) is 35.7 Å². The Morgan fingerprint density at radius 3 is 2.56 bits per heavy atom. The number of carbonyl (C=O) groups is 2. The van der Waals surface area contributed by atoms with Crippen LogP contribution in [0.5, 0.6) is 0 Å². The van der Waals surface area contributed by atoms with Gasteiger partial charge < -0.3 is 15.1 Å². The number of nitrogens with zero attached hydrogens (tertiary/aromatic N) is 3. The fourth-order valence-corrected chi connectivity index (χ4v) is 5.69. The molecule has 0 unspecified atom stereocenters. The summed E-state index contributed by atoms with van der Waals surface area (Å²) in [4.78, 5) is 33.7. The maximum Gasteiger partial charge on any atom is 0.416 e. The van der Waals surface area contributed by atoms with Gasteiger partial charge in [-0.25, -0.2) is 4.98 Å². The van der Waals surface area contributed by atoms with E-state index in [0.717, 1.165) is 62.3 Å². The van der Waals surface area contributed by atoms with Crippen LogP contribution in [0.4, 0.5) is 24.5 Å². The molecule has 1 N–H and O–H groups in total. The lowest BCUT2D eigenvalue weighted by Gasteiger charge is -2.31. The highest BCUT2D eigenvalue weighted by Gasteiger charge is 2.32. The summed E-state index contributed by atoms with van der Waals surface area (Å²) in [5.41, 5.74) is 0.142. The van der Waals surface area contributed by atoms with Gasteiger partial charge in [-0.05, 0) is 57.2 Å². The predicted molar refractivity (Wildman–Crippen MR) is 136 cm³/mol. The highest BCUT2D eigenvalue weighted by Crippen LogP contribution is 2.37. The van der Waals surface area contributed by atoms with Crippen molar-refractivity contribution in [2.24, 2.45) is 0 Å². The summed E-state index contributed by atoms with van der Waals surface area (Å²) in [6.45, 7) is 4.73. The molecule has 2 aliphatic heterocycles. The SMILES string of the molecule is C/C=C/CCC(=O)N1CCC(c2nc(C(=O)Nc3cc(C(F)(F)F)ccc3N3CCCC3)cs2)CC1. The lowest BCUT2D eigenvalue weighted by Crippen LogP contribution is -2.37. The van der Waals surface area contributed by atoms with E-state index >= 15 is 0 Å². The summed E-state index contributed by atoms with van der Waals surface area (Å²) in [7, 11) is 0. The largest absolute Gasteiger partial charge is 0.416 e. The molecule has 4 rings (SSSR count). The van der Waals surface area contributed by atoms with Crippen molar-refractivity contribution in [2.75, 3.05) is 36.4 Å². The molecule has 36 heavy (non-hydrogen) atoms. The zero-order valence-electron chi connectivity index (χ0n) is 20.3. The Bertz CT molecular complexity index is 1100. The van der Waals surface area contributed by atoms with E-state index in [-0.39, 0.29) is 23.2 Å². The van der Waals surface area contributed by atoms with Gasteiger partial charge in [0, 0.05) is 43.9 Å². The first kappa shape index (κ1) is 26.2. The van der Waals surface area contributed by atoms with E-state index in [4.69, 9.17) is 0 Å². The third-order valence-corrected chi connectivity index (χ3v) is 7.74. The number of carbonyl (C=O) groups excluding carboxylic acids is 2. The van der Waals surface area contributed by atoms with Crippen molar-refractivity contribution < 1.29 is 22.8 Å². The smallest absolute Gasteiger partial charge is 0.370 e. The molecule has 3 heterocycles. The van der Waals surface area contributed by atoms with Gasteiger partial charge in [0.05, 0.1) is 21.9 Å². The van der Waals surface area contributed by atoms with Crippen LogP contribution in [0.1, 0.15) is 72.4 Å². The van der Waals surface area contributed by atoms with Gasteiger partial charge in [-0.2, -0.15) is 13.2 Å². The van der Waals surface area contributed by atoms with Crippen molar-refractivity contribution in [3.05, 3.63) is 52.0 Å². The van der Waals surface area contributed by atoms with Crippen molar-refractivity contribution in [2.45, 2.75) is 57.5 Å². The van der Waals surface area contributed by atoms with Crippen LogP contribution in [0.25, 0.3) is 0 Å². The number of piperidine rings is 1. The molecule has 0 spiro atoms. The molecule has 0 saturated carbocycles. The number of nitrogens with one attached hydrogen (secondary N) is 1. The summed E-state index contributed by atoms with van der Waals surface area (Å²) in [5.74, 6) is -0.209. The molecule has 2 saturated heterocycles. The lowest BCUT2D eigenvalue weighted by molar-refractivity contribution is -0.137. The molecular formula is C26H31F3N4O2S. The fourth-order valence-electron chi connectivity index (χ4n) is 4.72. The van der Waals surface area contributed by atoms with Crippen molar-refractivity contribution in [1.29, 1.82) is 0 Å². The molecule has 10 heteroatoms. The van der Waals surface area contributed by atoms with Crippen LogP contribution >= 0.6 is 11.3 Å². The fraction of sp³-hybridized carbons (Fsp3) is 0.500. The molecule has 0 atom stereocenters. The number of anilines is 2. The Morgan fingerprint density at radius 1 is 1.17 bits per heavy atom. The minimum absolute atomic E-state index is 0.149. The molecule has 1 aromatic carbocycles. The molecule has 1 aromatic heterocycles. The molecule has 0 radical (unpaired) electrons. The van der Waals surface area contributed by atoms with E-state index < -0.39 is 17.6 Å². The second kappa shape index (κ2) is 11.5. The number of hydrogen-bond acceptors (Lipinski definition) is 5. The summed E-state index contributed by atoms with van der Waals surface area (Å²) >= 11 is 1.38. The number of rotatable bonds is 7. The van der Waals surface area contributed by atoms with Crippen LogP contribution in [0, 0.1) is 0 Å². The number of benzene rings is 1. The second-order valence-electron chi connectivity index (χ2n) is 9.21. The van der Waals surface area contributed by atoms with Crippen LogP contribution in [0.3, 0.4) is 0 Å². The van der Waals surface area contributed by atoms with Gasteiger partial charge in [0.1, 0.15) is 5.69 Å². The van der Waals surface area contributed by atoms with E-state index in [2.05, 4.69) is 10.3 Å². The first-order chi connectivity index (χ1) is 17.3. The minimum Gasteiger partial charge on any atom is -0.370 e. The summed E-state index contributed by atoms with van der Waals surface area (Å²) in [6.07, 6.45) is 4.15. The van der Waals surface area contributed by atoms with Crippen LogP contribution in [-0.2, 0) is 11.0 Å². The van der Waals surface area contributed by atoms with Gasteiger partial charge in [-0.3, -0.25) is 9.59 Å². The molecule has 0 bridgehead atoms. The van der Waals surface area contributed by atoms with Gasteiger partial charge in [0.2, 0.25) is 5.91 Å². The summed E-state index contributed by atoms with van der Waals surface area (Å²) < 4.78 is 40.0. The Kier molecular flexibility index (Phi) is 8.33. The highest BCUT2D eigenvalue weighted by molar-refractivity contribution is 7.10. The zero-order valence-corrected chi connectivity index (χ0v) is 21.1. The number of aromatic nitrogens is 1. The molecule has 2 aliphatic rings. The average molecular weight is 521 g/mol. The Labute approximate surface area is 213 Å². The number of halogens is 3. The minimum atomic E-state index is -4.50. The van der Waals surface area contributed by atoms with Gasteiger partial charge in [0.25, 0.3) is 5.91 Å². The van der Waals surface area contributed by atoms with Crippen LogP contribution < -0.4 is 10.2 Å². The van der Waals surface area contributed by atoms with Crippen molar-refractivity contribution in [1.82, 2.24) is 9.88 Å². The summed E-state index contributed by atoms with van der Waals surface area (Å²) in [6, 6.07) is 3.49. The van der Waals surface area contributed by atoms with Gasteiger partial charge >= 0.3 is 6.18 Å². The van der Waals surface area contributed by atoms with Crippen LogP contribution in [0.2, 0.25) is 0 Å². The first-order valence-electron chi connectivity index (χ1n) is 12.4. The number of allylic oxidation sites excluding steroid dienone is 2. The third kappa shape index (κ3) is 6.27. The van der Waals surface area contributed by atoms with E-state index in [9.17, 15) is 22.8 Å². The van der Waals surface area contributed by atoms with Crippen molar-refractivity contribution in [3.63, 3.8) is 0 Å². The maximum atomic E-state index is 13.3. The molecule has 194 valence electrons. The highest BCUT2D eigenvalue weighted by atomic mass is 32.1. The lowest BCUT2D eigenvalue weighted by atomic mass is 9.97. The average Bonchev–Trinajstić information content (AvgIpc) is 3.56. The normalized spacial score (nSPS) is 17.2. The van der Waals surface area contributed by atoms with Gasteiger partial charge in [-0.1, -0.05) is 12.2 Å². The molecule has 2 aromatic rings. The molecule has 6 nitrogen and oxygen atoms in total. The standard InChI is InChI=1S/C26H31F3N4O2S/c1-2-3-4-7-23(34)33-14-10-18(11-15-33)25-31-21(17-36-25)24(35)30-20-16-19(26(27,28)29)8-9-22(20)32-12-5-6-13-32/h2-3,8-9,16-18H,4-7,10-15H2,1H3,(H,30,35)/b3-2+. The maximum absolute atomic E-state index is 13.3. The van der Waals surface area contributed by atoms with E-state index in [1.165, 1.54) is 17.4 Å². The van der Waals surface area contributed by atoms with Gasteiger partial charge in [0.15, 0.2) is 0 Å². The third-order valence-electron chi connectivity index (χ3n) is 6.73. The Balaban J connectivity index is 1.41. The van der Waals surface area contributed by atoms with E-state index in [1.54, 1.807) is 5.38 Å². The van der Waals surface area contributed by atoms with Crippen molar-refractivity contribution >= 4 is 34.5 Å². The molecular weight excluding hydrogens is 489 g/mol. The second-order valence-corrected chi connectivity index (χ2v) is 10.1. The molecule has 2 fully saturated rings. The van der Waals surface area contributed by atoms with Gasteiger partial charge in [-0.15, -0.1) is 11.3 Å². The number of likely N-dealkylation sites (tertiary alicyclic amines) is 1. The first-order valence-corrected chi connectivity index (χ1v) is 13.3.